The summed E-state index contributed by atoms with van der Waals surface area (Å²) in [5.74, 6) is -3.16. The van der Waals surface area contributed by atoms with Gasteiger partial charge in [0.05, 0.1) is 21.2 Å². The second kappa shape index (κ2) is 8.40. The summed E-state index contributed by atoms with van der Waals surface area (Å²) in [6.07, 6.45) is -2.31. The standard InChI is InChI=1S/C21H14Cl2F4O3/c22-16-7-10(8-17(23)19(16)24)15(21(25,26)27)9-18(28)13-5-6-14(20(29)30)12-4-2-1-3-11(12)13/h5-9H,1-4H2,(H,29,30). The molecule has 0 unspecified atom stereocenters. The van der Waals surface area contributed by atoms with Crippen molar-refractivity contribution in [2.24, 2.45) is 0 Å². The van der Waals surface area contributed by atoms with Gasteiger partial charge in [-0.2, -0.15) is 13.2 Å². The molecule has 0 atom stereocenters. The Hall–Kier alpha value is -2.38. The van der Waals surface area contributed by atoms with E-state index in [1.54, 1.807) is 0 Å². The monoisotopic (exact) mass is 460 g/mol. The lowest BCUT2D eigenvalue weighted by Gasteiger charge is -2.21. The van der Waals surface area contributed by atoms with Crippen molar-refractivity contribution < 1.29 is 32.3 Å². The van der Waals surface area contributed by atoms with Crippen LogP contribution < -0.4 is 0 Å². The molecule has 0 aromatic heterocycles. The molecule has 0 spiro atoms. The van der Waals surface area contributed by atoms with Crippen molar-refractivity contribution in [1.82, 2.24) is 0 Å². The fraction of sp³-hybridized carbons (Fsp3) is 0.238. The molecule has 0 saturated heterocycles. The average molecular weight is 461 g/mol. The second-order valence-corrected chi connectivity index (χ2v) is 7.62. The Morgan fingerprint density at radius 3 is 1.97 bits per heavy atom. The first-order valence-electron chi connectivity index (χ1n) is 8.87. The van der Waals surface area contributed by atoms with Gasteiger partial charge in [-0.3, -0.25) is 4.79 Å². The highest BCUT2D eigenvalue weighted by Gasteiger charge is 2.36. The highest BCUT2D eigenvalue weighted by atomic mass is 35.5. The van der Waals surface area contributed by atoms with Crippen molar-refractivity contribution in [2.45, 2.75) is 31.9 Å². The number of carbonyl (C=O) groups is 2. The van der Waals surface area contributed by atoms with Gasteiger partial charge in [0.1, 0.15) is 0 Å². The second-order valence-electron chi connectivity index (χ2n) is 6.80. The molecule has 2 aromatic rings. The van der Waals surface area contributed by atoms with Gasteiger partial charge in [0.15, 0.2) is 11.6 Å². The van der Waals surface area contributed by atoms with Gasteiger partial charge in [-0.25, -0.2) is 9.18 Å². The predicted octanol–water partition coefficient (Wildman–Crippen LogP) is 6.54. The minimum absolute atomic E-state index is 0.00996. The summed E-state index contributed by atoms with van der Waals surface area (Å²) in [6, 6.07) is 3.95. The molecular formula is C21H14Cl2F4O3. The first kappa shape index (κ1) is 22.3. The fourth-order valence-electron chi connectivity index (χ4n) is 3.55. The number of carboxylic acids is 1. The van der Waals surface area contributed by atoms with Crippen LogP contribution in [0.25, 0.3) is 5.57 Å². The van der Waals surface area contributed by atoms with Crippen LogP contribution in [0.4, 0.5) is 17.6 Å². The molecule has 1 aliphatic rings. The molecule has 0 heterocycles. The Bertz CT molecular complexity index is 1050. The van der Waals surface area contributed by atoms with Gasteiger partial charge in [-0.15, -0.1) is 0 Å². The molecular weight excluding hydrogens is 447 g/mol. The zero-order chi connectivity index (χ0) is 22.2. The van der Waals surface area contributed by atoms with Crippen LogP contribution in [0.1, 0.15) is 50.2 Å². The van der Waals surface area contributed by atoms with E-state index in [-0.39, 0.29) is 11.1 Å². The van der Waals surface area contributed by atoms with Gasteiger partial charge in [0.2, 0.25) is 0 Å². The van der Waals surface area contributed by atoms with E-state index in [1.807, 2.05) is 0 Å². The van der Waals surface area contributed by atoms with E-state index in [1.165, 1.54) is 12.1 Å². The number of aromatic carboxylic acids is 1. The summed E-state index contributed by atoms with van der Waals surface area (Å²) in [5, 5.41) is 8.13. The molecule has 3 rings (SSSR count). The summed E-state index contributed by atoms with van der Waals surface area (Å²) in [5.41, 5.74) is -0.922. The quantitative estimate of drug-likeness (QED) is 0.244. The van der Waals surface area contributed by atoms with Crippen LogP contribution in [0.15, 0.2) is 30.3 Å². The Morgan fingerprint density at radius 2 is 1.47 bits per heavy atom. The highest BCUT2D eigenvalue weighted by molar-refractivity contribution is 6.35. The molecule has 0 saturated carbocycles. The average Bonchev–Trinajstić information content (AvgIpc) is 2.67. The van der Waals surface area contributed by atoms with E-state index < -0.39 is 44.9 Å². The van der Waals surface area contributed by atoms with Crippen LogP contribution in [-0.4, -0.2) is 23.0 Å². The van der Waals surface area contributed by atoms with E-state index in [0.717, 1.165) is 18.6 Å². The maximum absolute atomic E-state index is 13.7. The third-order valence-corrected chi connectivity index (χ3v) is 5.46. The smallest absolute Gasteiger partial charge is 0.417 e. The Morgan fingerprint density at radius 1 is 0.967 bits per heavy atom. The molecule has 158 valence electrons. The Kier molecular flexibility index (Phi) is 6.24. The molecule has 1 aliphatic carbocycles. The fourth-order valence-corrected chi connectivity index (χ4v) is 4.03. The van der Waals surface area contributed by atoms with Crippen molar-refractivity contribution >= 4 is 40.5 Å². The van der Waals surface area contributed by atoms with Crippen LogP contribution in [-0.2, 0) is 12.8 Å². The van der Waals surface area contributed by atoms with Crippen LogP contribution in [0.5, 0.6) is 0 Å². The van der Waals surface area contributed by atoms with Crippen LogP contribution in [0.2, 0.25) is 10.0 Å². The van der Waals surface area contributed by atoms with E-state index in [4.69, 9.17) is 23.2 Å². The lowest BCUT2D eigenvalue weighted by molar-refractivity contribution is -0.0689. The molecule has 3 nitrogen and oxygen atoms in total. The molecule has 0 radical (unpaired) electrons. The number of hydrogen-bond acceptors (Lipinski definition) is 2. The third-order valence-electron chi connectivity index (χ3n) is 4.91. The minimum atomic E-state index is -4.94. The number of alkyl halides is 3. The topological polar surface area (TPSA) is 54.4 Å². The van der Waals surface area contributed by atoms with E-state index in [2.05, 4.69) is 0 Å². The number of carbonyl (C=O) groups excluding carboxylic acids is 1. The van der Waals surface area contributed by atoms with E-state index >= 15 is 0 Å². The summed E-state index contributed by atoms with van der Waals surface area (Å²) in [4.78, 5) is 24.2. The van der Waals surface area contributed by atoms with Gasteiger partial charge >= 0.3 is 12.1 Å². The molecule has 0 fully saturated rings. The predicted molar refractivity (Wildman–Crippen MR) is 105 cm³/mol. The zero-order valence-electron chi connectivity index (χ0n) is 15.2. The Labute approximate surface area is 178 Å². The number of fused-ring (bicyclic) bond motifs is 1. The maximum atomic E-state index is 13.7. The third kappa shape index (κ3) is 4.37. The number of benzene rings is 2. The van der Waals surface area contributed by atoms with Crippen molar-refractivity contribution in [3.63, 3.8) is 0 Å². The number of hydrogen-bond donors (Lipinski definition) is 1. The van der Waals surface area contributed by atoms with E-state index in [0.29, 0.717) is 36.5 Å². The molecule has 0 bridgehead atoms. The summed E-state index contributed by atoms with van der Waals surface area (Å²) in [6.45, 7) is 0. The van der Waals surface area contributed by atoms with Gasteiger partial charge in [-0.05, 0) is 72.7 Å². The largest absolute Gasteiger partial charge is 0.478 e. The number of ketones is 1. The van der Waals surface area contributed by atoms with Crippen molar-refractivity contribution in [2.75, 3.05) is 0 Å². The van der Waals surface area contributed by atoms with Gasteiger partial charge in [0.25, 0.3) is 0 Å². The minimum Gasteiger partial charge on any atom is -0.478 e. The van der Waals surface area contributed by atoms with Crippen LogP contribution in [0.3, 0.4) is 0 Å². The van der Waals surface area contributed by atoms with Crippen molar-refractivity contribution in [3.8, 4) is 0 Å². The molecule has 0 amide bonds. The first-order valence-corrected chi connectivity index (χ1v) is 9.62. The molecule has 2 aromatic carbocycles. The SMILES string of the molecule is O=C(O)c1ccc(C(=O)C=C(c2cc(Cl)c(F)c(Cl)c2)C(F)(F)F)c2c1CCCC2. The summed E-state index contributed by atoms with van der Waals surface area (Å²) < 4.78 is 54.6. The van der Waals surface area contributed by atoms with Crippen LogP contribution in [0, 0.1) is 5.82 Å². The van der Waals surface area contributed by atoms with Gasteiger partial charge in [0, 0.05) is 5.56 Å². The van der Waals surface area contributed by atoms with Crippen molar-refractivity contribution in [1.29, 1.82) is 0 Å². The Balaban J connectivity index is 2.14. The highest BCUT2D eigenvalue weighted by Crippen LogP contribution is 2.38. The normalized spacial score (nSPS) is 14.4. The van der Waals surface area contributed by atoms with Crippen molar-refractivity contribution in [3.05, 3.63) is 74.0 Å². The molecule has 30 heavy (non-hydrogen) atoms. The molecule has 0 aliphatic heterocycles. The van der Waals surface area contributed by atoms with Gasteiger partial charge in [-0.1, -0.05) is 23.2 Å². The first-order chi connectivity index (χ1) is 14.0. The molecule has 1 N–H and O–H groups in total. The zero-order valence-corrected chi connectivity index (χ0v) is 16.8. The summed E-state index contributed by atoms with van der Waals surface area (Å²) in [7, 11) is 0. The number of rotatable bonds is 4. The van der Waals surface area contributed by atoms with Gasteiger partial charge < -0.3 is 5.11 Å². The number of allylic oxidation sites excluding steroid dienone is 2. The maximum Gasteiger partial charge on any atom is 0.417 e. The number of carboxylic acid groups (broad SMARTS) is 1. The summed E-state index contributed by atoms with van der Waals surface area (Å²) >= 11 is 11.2. The lowest BCUT2D eigenvalue weighted by atomic mass is 9.83. The van der Waals surface area contributed by atoms with E-state index in [9.17, 15) is 32.3 Å². The van der Waals surface area contributed by atoms with Crippen LogP contribution >= 0.6 is 23.2 Å². The lowest BCUT2D eigenvalue weighted by Crippen LogP contribution is -2.17. The number of halogens is 6. The molecule has 9 heteroatoms.